The van der Waals surface area contributed by atoms with E-state index >= 15 is 0 Å². The number of rotatable bonds is 3. The molecule has 2 bridgehead atoms. The summed E-state index contributed by atoms with van der Waals surface area (Å²) in [6, 6.07) is 0. The van der Waals surface area contributed by atoms with Crippen LogP contribution in [-0.4, -0.2) is 33.5 Å². The summed E-state index contributed by atoms with van der Waals surface area (Å²) < 4.78 is 0. The molecule has 3 rings (SSSR count). The number of aliphatic carboxylic acids is 1. The van der Waals surface area contributed by atoms with Crippen LogP contribution in [0.1, 0.15) is 25.7 Å². The Morgan fingerprint density at radius 1 is 1.17 bits per heavy atom. The molecule has 3 saturated carbocycles. The number of aliphatic hydroxyl groups is 2. The molecule has 0 aromatic rings. The van der Waals surface area contributed by atoms with E-state index in [2.05, 4.69) is 6.58 Å². The summed E-state index contributed by atoms with van der Waals surface area (Å²) in [6.07, 6.45) is 2.19. The highest BCUT2D eigenvalue weighted by molar-refractivity contribution is 5.85. The Hall–Kier alpha value is -0.870. The molecule has 0 heterocycles. The maximum absolute atomic E-state index is 10.8. The molecule has 3 fully saturated rings. The fourth-order valence-corrected chi connectivity index (χ4v) is 4.85. The van der Waals surface area contributed by atoms with Gasteiger partial charge >= 0.3 is 5.97 Å². The molecule has 3 aliphatic rings. The molecule has 18 heavy (non-hydrogen) atoms. The van der Waals surface area contributed by atoms with E-state index < -0.39 is 18.2 Å². The van der Waals surface area contributed by atoms with Crippen LogP contribution in [0.15, 0.2) is 12.2 Å². The average molecular weight is 252 g/mol. The van der Waals surface area contributed by atoms with Gasteiger partial charge in [-0.2, -0.15) is 0 Å². The molecule has 4 nitrogen and oxygen atoms in total. The molecule has 3 aliphatic carbocycles. The smallest absolute Gasteiger partial charge is 0.330 e. The molecule has 7 unspecified atom stereocenters. The minimum atomic E-state index is -0.902. The van der Waals surface area contributed by atoms with Gasteiger partial charge in [-0.3, -0.25) is 0 Å². The molecule has 0 aromatic carbocycles. The van der Waals surface area contributed by atoms with Gasteiger partial charge in [0.2, 0.25) is 0 Å². The Morgan fingerprint density at radius 2 is 1.89 bits per heavy atom. The van der Waals surface area contributed by atoms with Gasteiger partial charge in [-0.15, -0.1) is 0 Å². The molecule has 0 aromatic heterocycles. The Balaban J connectivity index is 1.71. The van der Waals surface area contributed by atoms with Crippen molar-refractivity contribution in [3.8, 4) is 0 Å². The minimum Gasteiger partial charge on any atom is -0.478 e. The lowest BCUT2D eigenvalue weighted by atomic mass is 9.73. The Bertz CT molecular complexity index is 391. The third-order valence-electron chi connectivity index (χ3n) is 5.49. The molecular formula is C14H20O4. The highest BCUT2D eigenvalue weighted by Crippen LogP contribution is 2.61. The first-order chi connectivity index (χ1) is 8.49. The fraction of sp³-hybridized carbons (Fsp3) is 0.786. The van der Waals surface area contributed by atoms with E-state index in [4.69, 9.17) is 5.11 Å². The molecular weight excluding hydrogens is 232 g/mol. The molecule has 3 N–H and O–H groups in total. The van der Waals surface area contributed by atoms with E-state index in [-0.39, 0.29) is 5.92 Å². The van der Waals surface area contributed by atoms with Gasteiger partial charge in [-0.25, -0.2) is 4.79 Å². The lowest BCUT2D eigenvalue weighted by Crippen LogP contribution is -2.32. The van der Waals surface area contributed by atoms with Gasteiger partial charge in [0.05, 0.1) is 12.2 Å². The van der Waals surface area contributed by atoms with Crippen molar-refractivity contribution in [2.75, 3.05) is 0 Å². The second-order valence-electron chi connectivity index (χ2n) is 6.30. The van der Waals surface area contributed by atoms with Crippen molar-refractivity contribution in [2.24, 2.45) is 29.6 Å². The van der Waals surface area contributed by atoms with Gasteiger partial charge in [-0.1, -0.05) is 6.58 Å². The van der Waals surface area contributed by atoms with Crippen LogP contribution >= 0.6 is 0 Å². The largest absolute Gasteiger partial charge is 0.478 e. The molecule has 0 spiro atoms. The van der Waals surface area contributed by atoms with E-state index in [0.717, 1.165) is 12.8 Å². The zero-order valence-electron chi connectivity index (χ0n) is 10.3. The van der Waals surface area contributed by atoms with Crippen molar-refractivity contribution in [3.63, 3.8) is 0 Å². The topological polar surface area (TPSA) is 77.8 Å². The van der Waals surface area contributed by atoms with Crippen molar-refractivity contribution in [1.29, 1.82) is 0 Å². The van der Waals surface area contributed by atoms with Crippen molar-refractivity contribution in [1.82, 2.24) is 0 Å². The maximum atomic E-state index is 10.8. The van der Waals surface area contributed by atoms with Gasteiger partial charge in [0.15, 0.2) is 0 Å². The number of aliphatic hydroxyl groups excluding tert-OH is 2. The SMILES string of the molecule is C=C(CC1CC2CC1C1CC(O)C(O)C21)C(=O)O. The van der Waals surface area contributed by atoms with Gasteiger partial charge in [-0.05, 0) is 55.3 Å². The normalized spacial score (nSPS) is 49.3. The lowest BCUT2D eigenvalue weighted by molar-refractivity contribution is -0.133. The predicted molar refractivity (Wildman–Crippen MR) is 64.7 cm³/mol. The summed E-state index contributed by atoms with van der Waals surface area (Å²) in [5.41, 5.74) is 0.295. The van der Waals surface area contributed by atoms with Crippen LogP contribution in [0.4, 0.5) is 0 Å². The molecule has 0 amide bonds. The van der Waals surface area contributed by atoms with Crippen molar-refractivity contribution in [2.45, 2.75) is 37.9 Å². The highest BCUT2D eigenvalue weighted by Gasteiger charge is 2.59. The Morgan fingerprint density at radius 3 is 2.56 bits per heavy atom. The standard InChI is InChI=1S/C14H20O4/c1-6(14(17)18)2-7-3-8-4-9(7)10-5-11(15)13(16)12(8)10/h7-13,15-16H,1-5H2,(H,17,18). The first kappa shape index (κ1) is 12.2. The first-order valence-electron chi connectivity index (χ1n) is 6.76. The Kier molecular flexibility index (Phi) is 2.75. The molecule has 4 heteroatoms. The van der Waals surface area contributed by atoms with Crippen LogP contribution in [0.5, 0.6) is 0 Å². The molecule has 0 radical (unpaired) electrons. The van der Waals surface area contributed by atoms with Crippen LogP contribution in [0.3, 0.4) is 0 Å². The number of carboxylic acid groups (broad SMARTS) is 1. The summed E-state index contributed by atoms with van der Waals surface area (Å²) >= 11 is 0. The van der Waals surface area contributed by atoms with Crippen LogP contribution in [0.2, 0.25) is 0 Å². The lowest BCUT2D eigenvalue weighted by Gasteiger charge is -2.32. The van der Waals surface area contributed by atoms with Crippen LogP contribution < -0.4 is 0 Å². The molecule has 100 valence electrons. The van der Waals surface area contributed by atoms with Gasteiger partial charge in [0.25, 0.3) is 0 Å². The van der Waals surface area contributed by atoms with Crippen LogP contribution in [0, 0.1) is 29.6 Å². The zero-order chi connectivity index (χ0) is 13.0. The second-order valence-corrected chi connectivity index (χ2v) is 6.30. The van der Waals surface area contributed by atoms with E-state index in [1.165, 1.54) is 0 Å². The monoisotopic (exact) mass is 252 g/mol. The number of carbonyl (C=O) groups is 1. The minimum absolute atomic E-state index is 0.249. The van der Waals surface area contributed by atoms with E-state index in [9.17, 15) is 15.0 Å². The molecule has 0 saturated heterocycles. The predicted octanol–water partition coefficient (Wildman–Crippen LogP) is 1.03. The summed E-state index contributed by atoms with van der Waals surface area (Å²) in [5, 5.41) is 28.7. The van der Waals surface area contributed by atoms with E-state index in [0.29, 0.717) is 42.1 Å². The summed E-state index contributed by atoms with van der Waals surface area (Å²) in [6.45, 7) is 3.62. The number of hydrogen-bond acceptors (Lipinski definition) is 3. The van der Waals surface area contributed by atoms with Gasteiger partial charge < -0.3 is 15.3 Å². The molecule has 7 atom stereocenters. The quantitative estimate of drug-likeness (QED) is 0.656. The zero-order valence-corrected chi connectivity index (χ0v) is 10.3. The Labute approximate surface area is 106 Å². The average Bonchev–Trinajstić information content (AvgIpc) is 2.92. The second kappa shape index (κ2) is 4.07. The van der Waals surface area contributed by atoms with E-state index in [1.54, 1.807) is 0 Å². The van der Waals surface area contributed by atoms with Crippen molar-refractivity contribution in [3.05, 3.63) is 12.2 Å². The third-order valence-corrected chi connectivity index (χ3v) is 5.49. The molecule has 0 aliphatic heterocycles. The number of fused-ring (bicyclic) bond motifs is 5. The van der Waals surface area contributed by atoms with E-state index in [1.807, 2.05) is 0 Å². The highest BCUT2D eigenvalue weighted by atomic mass is 16.4. The van der Waals surface area contributed by atoms with Crippen LogP contribution in [-0.2, 0) is 4.79 Å². The van der Waals surface area contributed by atoms with Gasteiger partial charge in [0, 0.05) is 5.57 Å². The number of carboxylic acids is 1. The summed E-state index contributed by atoms with van der Waals surface area (Å²) in [5.74, 6) is 1.07. The third kappa shape index (κ3) is 1.62. The fourth-order valence-electron chi connectivity index (χ4n) is 4.85. The first-order valence-corrected chi connectivity index (χ1v) is 6.76. The van der Waals surface area contributed by atoms with Crippen molar-refractivity contribution >= 4 is 5.97 Å². The summed E-state index contributed by atoms with van der Waals surface area (Å²) in [7, 11) is 0. The number of hydrogen-bond donors (Lipinski definition) is 3. The van der Waals surface area contributed by atoms with Crippen molar-refractivity contribution < 1.29 is 20.1 Å². The maximum Gasteiger partial charge on any atom is 0.330 e. The van der Waals surface area contributed by atoms with Gasteiger partial charge in [0.1, 0.15) is 0 Å². The van der Waals surface area contributed by atoms with Crippen LogP contribution in [0.25, 0.3) is 0 Å². The summed E-state index contributed by atoms with van der Waals surface area (Å²) in [4.78, 5) is 10.8.